The molecule has 2 N–H and O–H groups in total. The second-order valence-electron chi connectivity index (χ2n) is 5.87. The number of fused-ring (bicyclic) bond motifs is 6. The molecule has 2 bridgehead atoms. The summed E-state index contributed by atoms with van der Waals surface area (Å²) in [6.45, 7) is 2.52. The third-order valence-electron chi connectivity index (χ3n) is 4.86. The third kappa shape index (κ3) is 1.41. The molecular formula is C17H18O3. The molecular weight excluding hydrogens is 252 g/mol. The summed E-state index contributed by atoms with van der Waals surface area (Å²) in [4.78, 5) is 0. The lowest BCUT2D eigenvalue weighted by atomic mass is 9.87. The van der Waals surface area contributed by atoms with Gasteiger partial charge in [0.1, 0.15) is 17.2 Å². The van der Waals surface area contributed by atoms with E-state index in [9.17, 15) is 10.2 Å². The van der Waals surface area contributed by atoms with E-state index < -0.39 is 0 Å². The fourth-order valence-corrected chi connectivity index (χ4v) is 4.06. The molecule has 3 nitrogen and oxygen atoms in total. The van der Waals surface area contributed by atoms with Gasteiger partial charge in [0.2, 0.25) is 0 Å². The molecule has 0 aromatic heterocycles. The smallest absolute Gasteiger partial charge is 0.127 e. The van der Waals surface area contributed by atoms with Crippen LogP contribution < -0.4 is 4.74 Å². The van der Waals surface area contributed by atoms with Crippen molar-refractivity contribution in [3.8, 4) is 17.2 Å². The molecule has 2 aromatic carbocycles. The predicted octanol–water partition coefficient (Wildman–Crippen LogP) is 4.01. The molecule has 1 saturated carbocycles. The Labute approximate surface area is 117 Å². The fraction of sp³-hybridized carbons (Fsp3) is 0.412. The van der Waals surface area contributed by atoms with Gasteiger partial charge >= 0.3 is 0 Å². The van der Waals surface area contributed by atoms with Crippen LogP contribution in [-0.2, 0) is 0 Å². The van der Waals surface area contributed by atoms with E-state index in [4.69, 9.17) is 4.74 Å². The highest BCUT2D eigenvalue weighted by molar-refractivity contribution is 5.97. The van der Waals surface area contributed by atoms with Crippen molar-refractivity contribution in [1.82, 2.24) is 0 Å². The quantitative estimate of drug-likeness (QED) is 0.810. The largest absolute Gasteiger partial charge is 0.507 e. The van der Waals surface area contributed by atoms with E-state index in [1.54, 1.807) is 0 Å². The molecule has 2 aromatic rings. The van der Waals surface area contributed by atoms with Gasteiger partial charge in [0.25, 0.3) is 0 Å². The zero-order chi connectivity index (χ0) is 13.9. The average molecular weight is 270 g/mol. The average Bonchev–Trinajstić information content (AvgIpc) is 3.06. The minimum atomic E-state index is 0.349. The van der Waals surface area contributed by atoms with E-state index in [2.05, 4.69) is 0 Å². The zero-order valence-corrected chi connectivity index (χ0v) is 11.5. The Morgan fingerprint density at radius 2 is 1.70 bits per heavy atom. The van der Waals surface area contributed by atoms with Crippen molar-refractivity contribution in [2.75, 3.05) is 6.61 Å². The van der Waals surface area contributed by atoms with Crippen molar-refractivity contribution >= 4 is 10.8 Å². The molecule has 0 aliphatic heterocycles. The first-order valence-electron chi connectivity index (χ1n) is 7.35. The van der Waals surface area contributed by atoms with E-state index >= 15 is 0 Å². The van der Waals surface area contributed by atoms with Crippen molar-refractivity contribution in [1.29, 1.82) is 0 Å². The Morgan fingerprint density at radius 1 is 1.05 bits per heavy atom. The molecule has 0 heterocycles. The summed E-state index contributed by atoms with van der Waals surface area (Å²) in [6, 6.07) is 5.53. The van der Waals surface area contributed by atoms with Crippen LogP contribution in [0.5, 0.6) is 17.2 Å². The lowest BCUT2D eigenvalue weighted by Gasteiger charge is -2.20. The van der Waals surface area contributed by atoms with Crippen LogP contribution in [0.1, 0.15) is 49.1 Å². The number of ether oxygens (including phenoxy) is 1. The van der Waals surface area contributed by atoms with Crippen molar-refractivity contribution in [3.63, 3.8) is 0 Å². The highest BCUT2D eigenvalue weighted by Crippen LogP contribution is 2.60. The molecule has 4 rings (SSSR count). The Kier molecular flexibility index (Phi) is 2.40. The number of hydrogen-bond donors (Lipinski definition) is 2. The van der Waals surface area contributed by atoms with Gasteiger partial charge in [0.05, 0.1) is 6.61 Å². The van der Waals surface area contributed by atoms with Crippen LogP contribution in [0, 0.1) is 0 Å². The maximum Gasteiger partial charge on any atom is 0.127 e. The number of phenolic OH excluding ortho intramolecular Hbond substituents is 2. The molecule has 2 aliphatic rings. The van der Waals surface area contributed by atoms with Gasteiger partial charge in [-0.2, -0.15) is 0 Å². The third-order valence-corrected chi connectivity index (χ3v) is 4.86. The van der Waals surface area contributed by atoms with Crippen molar-refractivity contribution in [3.05, 3.63) is 29.3 Å². The Morgan fingerprint density at radius 3 is 2.35 bits per heavy atom. The predicted molar refractivity (Wildman–Crippen MR) is 77.8 cm³/mol. The van der Waals surface area contributed by atoms with E-state index in [1.165, 1.54) is 0 Å². The second-order valence-corrected chi connectivity index (χ2v) is 5.87. The summed E-state index contributed by atoms with van der Waals surface area (Å²) in [7, 11) is 0. The van der Waals surface area contributed by atoms with Crippen LogP contribution in [0.4, 0.5) is 0 Å². The Hall–Kier alpha value is -1.90. The lowest BCUT2D eigenvalue weighted by Crippen LogP contribution is -2.00. The van der Waals surface area contributed by atoms with Crippen LogP contribution in [-0.4, -0.2) is 16.8 Å². The molecule has 0 saturated heterocycles. The fourth-order valence-electron chi connectivity index (χ4n) is 4.06. The van der Waals surface area contributed by atoms with Gasteiger partial charge in [-0.25, -0.2) is 0 Å². The van der Waals surface area contributed by atoms with Gasteiger partial charge < -0.3 is 14.9 Å². The van der Waals surface area contributed by atoms with E-state index in [-0.39, 0.29) is 0 Å². The van der Waals surface area contributed by atoms with Crippen LogP contribution >= 0.6 is 0 Å². The first kappa shape index (κ1) is 11.9. The van der Waals surface area contributed by atoms with Crippen LogP contribution in [0.25, 0.3) is 10.8 Å². The molecule has 3 heteroatoms. The highest BCUT2D eigenvalue weighted by Gasteiger charge is 2.41. The minimum Gasteiger partial charge on any atom is -0.507 e. The van der Waals surface area contributed by atoms with Crippen LogP contribution in [0.3, 0.4) is 0 Å². The number of hydrogen-bond acceptors (Lipinski definition) is 3. The van der Waals surface area contributed by atoms with Crippen molar-refractivity contribution < 1.29 is 14.9 Å². The standard InChI is InChI=1S/C17H18O3/c1-2-20-11-5-6-12-13(8-11)17(19)15-10-4-3-9(7-10)14(15)16(12)18/h5-6,8-10,18-19H,2-4,7H2,1H3. The number of aromatic hydroxyl groups is 2. The number of rotatable bonds is 2. The first-order valence-corrected chi connectivity index (χ1v) is 7.35. The molecule has 0 spiro atoms. The van der Waals surface area contributed by atoms with Crippen LogP contribution in [0.15, 0.2) is 18.2 Å². The summed E-state index contributed by atoms with van der Waals surface area (Å²) in [5.41, 5.74) is 1.98. The first-order chi connectivity index (χ1) is 9.70. The van der Waals surface area contributed by atoms with Crippen molar-refractivity contribution in [2.45, 2.75) is 38.0 Å². The highest BCUT2D eigenvalue weighted by atomic mass is 16.5. The van der Waals surface area contributed by atoms with Gasteiger partial charge in [0, 0.05) is 21.9 Å². The lowest BCUT2D eigenvalue weighted by molar-refractivity contribution is 0.340. The van der Waals surface area contributed by atoms with E-state index in [0.29, 0.717) is 35.3 Å². The maximum atomic E-state index is 10.6. The molecule has 104 valence electrons. The van der Waals surface area contributed by atoms with E-state index in [0.717, 1.165) is 41.5 Å². The van der Waals surface area contributed by atoms with Gasteiger partial charge in [-0.1, -0.05) is 0 Å². The SMILES string of the molecule is CCOc1ccc2c(O)c3c(c(O)c2c1)C1CCC3C1. The van der Waals surface area contributed by atoms with E-state index in [1.807, 2.05) is 25.1 Å². The van der Waals surface area contributed by atoms with Gasteiger partial charge in [-0.3, -0.25) is 0 Å². The van der Waals surface area contributed by atoms with Crippen molar-refractivity contribution in [2.24, 2.45) is 0 Å². The van der Waals surface area contributed by atoms with Gasteiger partial charge in [0.15, 0.2) is 0 Å². The summed E-state index contributed by atoms with van der Waals surface area (Å²) in [5.74, 6) is 2.29. The molecule has 0 amide bonds. The summed E-state index contributed by atoms with van der Waals surface area (Å²) >= 11 is 0. The Balaban J connectivity index is 2.02. The maximum absolute atomic E-state index is 10.6. The molecule has 20 heavy (non-hydrogen) atoms. The summed E-state index contributed by atoms with van der Waals surface area (Å²) in [5, 5.41) is 22.7. The summed E-state index contributed by atoms with van der Waals surface area (Å²) in [6.07, 6.45) is 3.33. The molecule has 0 radical (unpaired) electrons. The van der Waals surface area contributed by atoms with Gasteiger partial charge in [-0.05, 0) is 56.2 Å². The van der Waals surface area contributed by atoms with Gasteiger partial charge in [-0.15, -0.1) is 0 Å². The number of benzene rings is 2. The second kappa shape index (κ2) is 4.05. The van der Waals surface area contributed by atoms with Crippen LogP contribution in [0.2, 0.25) is 0 Å². The number of phenols is 2. The molecule has 1 fully saturated rings. The molecule has 2 aliphatic carbocycles. The minimum absolute atomic E-state index is 0.349. The zero-order valence-electron chi connectivity index (χ0n) is 11.5. The summed E-state index contributed by atoms with van der Waals surface area (Å²) < 4.78 is 5.50. The molecule has 2 unspecified atom stereocenters. The monoisotopic (exact) mass is 270 g/mol. The molecule has 2 atom stereocenters. The Bertz CT molecular complexity index is 705. The normalized spacial score (nSPS) is 23.2. The topological polar surface area (TPSA) is 49.7 Å².